The number of anilines is 2. The molecule has 17 heavy (non-hydrogen) atoms. The topological polar surface area (TPSA) is 42.4 Å². The summed E-state index contributed by atoms with van der Waals surface area (Å²) < 4.78 is 19.0. The van der Waals surface area contributed by atoms with Crippen molar-refractivity contribution in [3.8, 4) is 0 Å². The van der Waals surface area contributed by atoms with Gasteiger partial charge >= 0.3 is 0 Å². The fourth-order valence-corrected chi connectivity index (χ4v) is 1.96. The summed E-state index contributed by atoms with van der Waals surface area (Å²) in [6, 6.07) is 6.64. The molecule has 0 saturated heterocycles. The maximum absolute atomic E-state index is 13.4. The zero-order valence-electron chi connectivity index (χ0n) is 9.28. The Morgan fingerprint density at radius 3 is 2.88 bits per heavy atom. The van der Waals surface area contributed by atoms with E-state index in [0.29, 0.717) is 22.4 Å². The molecule has 0 radical (unpaired) electrons. The van der Waals surface area contributed by atoms with Gasteiger partial charge in [0.2, 0.25) is 0 Å². The van der Waals surface area contributed by atoms with Crippen molar-refractivity contribution in [2.75, 3.05) is 17.7 Å². The molecule has 0 bridgehead atoms. The van der Waals surface area contributed by atoms with Crippen LogP contribution in [-0.4, -0.2) is 7.05 Å². The minimum Gasteiger partial charge on any atom is -0.467 e. The van der Waals surface area contributed by atoms with Gasteiger partial charge in [-0.3, -0.25) is 0 Å². The molecule has 2 rings (SSSR count). The van der Waals surface area contributed by atoms with E-state index in [1.165, 1.54) is 6.07 Å². The van der Waals surface area contributed by atoms with E-state index in [1.54, 1.807) is 12.3 Å². The number of halogens is 2. The molecule has 0 saturated carbocycles. The molecule has 0 aliphatic rings. The number of hydrogen-bond acceptors (Lipinski definition) is 3. The normalized spacial score (nSPS) is 10.5. The van der Waals surface area contributed by atoms with Crippen LogP contribution in [-0.2, 0) is 6.54 Å². The predicted octanol–water partition coefficient (Wildman–Crippen LogP) is 3.40. The van der Waals surface area contributed by atoms with E-state index in [-0.39, 0.29) is 5.82 Å². The minimum atomic E-state index is -0.333. The first-order valence-electron chi connectivity index (χ1n) is 5.06. The third kappa shape index (κ3) is 2.61. The van der Waals surface area contributed by atoms with Crippen LogP contribution in [0.5, 0.6) is 0 Å². The van der Waals surface area contributed by atoms with Crippen molar-refractivity contribution >= 4 is 27.3 Å². The first-order chi connectivity index (χ1) is 8.08. The van der Waals surface area contributed by atoms with Crippen LogP contribution < -0.4 is 10.6 Å². The van der Waals surface area contributed by atoms with Crippen molar-refractivity contribution in [2.24, 2.45) is 0 Å². The Labute approximate surface area is 107 Å². The molecule has 0 fully saturated rings. The Bertz CT molecular complexity index is 513. The first kappa shape index (κ1) is 12.0. The number of hydrogen-bond donors (Lipinski definition) is 1. The number of nitrogen functional groups attached to an aromatic ring is 1. The first-order valence-corrected chi connectivity index (χ1v) is 5.85. The van der Waals surface area contributed by atoms with E-state index in [2.05, 4.69) is 15.9 Å². The fourth-order valence-electron chi connectivity index (χ4n) is 1.60. The number of nitrogens with zero attached hydrogens (tertiary/aromatic N) is 1. The second-order valence-corrected chi connectivity index (χ2v) is 4.61. The summed E-state index contributed by atoms with van der Waals surface area (Å²) in [7, 11) is 1.83. The van der Waals surface area contributed by atoms with Gasteiger partial charge < -0.3 is 15.1 Å². The van der Waals surface area contributed by atoms with Gasteiger partial charge in [0, 0.05) is 13.1 Å². The average molecular weight is 299 g/mol. The molecule has 5 heteroatoms. The van der Waals surface area contributed by atoms with Gasteiger partial charge in [0.05, 0.1) is 28.7 Å². The van der Waals surface area contributed by atoms with E-state index >= 15 is 0 Å². The second-order valence-electron chi connectivity index (χ2n) is 3.76. The van der Waals surface area contributed by atoms with E-state index in [4.69, 9.17) is 10.2 Å². The van der Waals surface area contributed by atoms with Crippen LogP contribution in [0.1, 0.15) is 5.76 Å². The summed E-state index contributed by atoms with van der Waals surface area (Å²) in [4.78, 5) is 1.84. The van der Waals surface area contributed by atoms with Crippen molar-refractivity contribution in [1.29, 1.82) is 0 Å². The average Bonchev–Trinajstić information content (AvgIpc) is 2.76. The lowest BCUT2D eigenvalue weighted by Crippen LogP contribution is -2.17. The second kappa shape index (κ2) is 4.79. The van der Waals surface area contributed by atoms with Crippen molar-refractivity contribution in [1.82, 2.24) is 0 Å². The monoisotopic (exact) mass is 298 g/mol. The molecule has 1 aromatic heterocycles. The van der Waals surface area contributed by atoms with E-state index < -0.39 is 0 Å². The van der Waals surface area contributed by atoms with Gasteiger partial charge in [-0.05, 0) is 34.1 Å². The molecule has 3 nitrogen and oxygen atoms in total. The number of rotatable bonds is 3. The standard InChI is InChI=1S/C12H12BrFN2O/c1-16(7-8-3-2-4-17-8)12-6-10(14)9(13)5-11(12)15/h2-6H,7,15H2,1H3. The largest absolute Gasteiger partial charge is 0.467 e. The molecule has 0 unspecified atom stereocenters. The Morgan fingerprint density at radius 1 is 1.47 bits per heavy atom. The van der Waals surface area contributed by atoms with E-state index in [0.717, 1.165) is 5.76 Å². The molecule has 0 atom stereocenters. The van der Waals surface area contributed by atoms with Crippen LogP contribution in [0.4, 0.5) is 15.8 Å². The highest BCUT2D eigenvalue weighted by molar-refractivity contribution is 9.10. The van der Waals surface area contributed by atoms with E-state index in [9.17, 15) is 4.39 Å². The van der Waals surface area contributed by atoms with Gasteiger partial charge in [-0.2, -0.15) is 0 Å². The van der Waals surface area contributed by atoms with Crippen molar-refractivity contribution < 1.29 is 8.81 Å². The molecule has 0 aliphatic carbocycles. The van der Waals surface area contributed by atoms with Gasteiger partial charge in [0.25, 0.3) is 0 Å². The highest BCUT2D eigenvalue weighted by atomic mass is 79.9. The molecular formula is C12H12BrFN2O. The highest BCUT2D eigenvalue weighted by Crippen LogP contribution is 2.29. The van der Waals surface area contributed by atoms with Gasteiger partial charge in [0.1, 0.15) is 11.6 Å². The molecule has 0 amide bonds. The summed E-state index contributed by atoms with van der Waals surface area (Å²) in [6.07, 6.45) is 1.61. The maximum atomic E-state index is 13.4. The third-order valence-electron chi connectivity index (χ3n) is 2.45. The zero-order chi connectivity index (χ0) is 12.4. The lowest BCUT2D eigenvalue weighted by Gasteiger charge is -2.20. The van der Waals surface area contributed by atoms with Crippen LogP contribution in [0.25, 0.3) is 0 Å². The number of furan rings is 1. The quantitative estimate of drug-likeness (QED) is 0.883. The Balaban J connectivity index is 2.24. The van der Waals surface area contributed by atoms with Gasteiger partial charge in [-0.15, -0.1) is 0 Å². The SMILES string of the molecule is CN(Cc1ccco1)c1cc(F)c(Br)cc1N. The van der Waals surface area contributed by atoms with Crippen molar-refractivity contribution in [3.05, 3.63) is 46.6 Å². The van der Waals surface area contributed by atoms with Crippen molar-refractivity contribution in [2.45, 2.75) is 6.54 Å². The summed E-state index contributed by atoms with van der Waals surface area (Å²) in [5.74, 6) is 0.468. The van der Waals surface area contributed by atoms with Crippen LogP contribution >= 0.6 is 15.9 Å². The van der Waals surface area contributed by atoms with Crippen molar-refractivity contribution in [3.63, 3.8) is 0 Å². The van der Waals surface area contributed by atoms with E-state index in [1.807, 2.05) is 24.1 Å². The predicted molar refractivity (Wildman–Crippen MR) is 69.3 cm³/mol. The van der Waals surface area contributed by atoms with Crippen LogP contribution in [0.3, 0.4) is 0 Å². The fraction of sp³-hybridized carbons (Fsp3) is 0.167. The molecule has 1 aromatic carbocycles. The molecule has 2 aromatic rings. The lowest BCUT2D eigenvalue weighted by atomic mass is 10.2. The number of benzene rings is 1. The Hall–Kier alpha value is -1.49. The molecule has 0 spiro atoms. The van der Waals surface area contributed by atoms with Gasteiger partial charge in [-0.25, -0.2) is 4.39 Å². The minimum absolute atomic E-state index is 0.333. The third-order valence-corrected chi connectivity index (χ3v) is 3.06. The summed E-state index contributed by atoms with van der Waals surface area (Å²) >= 11 is 3.10. The number of nitrogens with two attached hydrogens (primary N) is 1. The zero-order valence-corrected chi connectivity index (χ0v) is 10.9. The molecule has 90 valence electrons. The molecule has 2 N–H and O–H groups in total. The lowest BCUT2D eigenvalue weighted by molar-refractivity contribution is 0.507. The van der Waals surface area contributed by atoms with Crippen LogP contribution in [0.2, 0.25) is 0 Å². The molecule has 1 heterocycles. The Morgan fingerprint density at radius 2 is 2.24 bits per heavy atom. The summed E-state index contributed by atoms with van der Waals surface area (Å²) in [5.41, 5.74) is 7.01. The Kier molecular flexibility index (Phi) is 3.38. The highest BCUT2D eigenvalue weighted by Gasteiger charge is 2.11. The summed E-state index contributed by atoms with van der Waals surface area (Å²) in [5, 5.41) is 0. The van der Waals surface area contributed by atoms with Gasteiger partial charge in [-0.1, -0.05) is 0 Å². The molecule has 0 aliphatic heterocycles. The molecular weight excluding hydrogens is 287 g/mol. The maximum Gasteiger partial charge on any atom is 0.139 e. The van der Waals surface area contributed by atoms with Crippen LogP contribution in [0, 0.1) is 5.82 Å². The van der Waals surface area contributed by atoms with Gasteiger partial charge in [0.15, 0.2) is 0 Å². The summed E-state index contributed by atoms with van der Waals surface area (Å²) in [6.45, 7) is 0.540. The van der Waals surface area contributed by atoms with Crippen LogP contribution in [0.15, 0.2) is 39.4 Å². The smallest absolute Gasteiger partial charge is 0.139 e.